The third-order valence-electron chi connectivity index (χ3n) is 3.31. The van der Waals surface area contributed by atoms with E-state index >= 15 is 0 Å². The SMILES string of the molecule is COc1ccc(OCc2ccc(C)c(C)c2)c(C=O)c1. The van der Waals surface area contributed by atoms with E-state index in [0.29, 0.717) is 23.7 Å². The first-order chi connectivity index (χ1) is 9.63. The lowest BCUT2D eigenvalue weighted by Crippen LogP contribution is -1.99. The number of methoxy groups -OCH3 is 1. The molecule has 0 aliphatic carbocycles. The van der Waals surface area contributed by atoms with Gasteiger partial charge in [0.05, 0.1) is 12.7 Å². The minimum Gasteiger partial charge on any atom is -0.497 e. The molecule has 0 spiro atoms. The second-order valence-electron chi connectivity index (χ2n) is 4.73. The fraction of sp³-hybridized carbons (Fsp3) is 0.235. The molecule has 20 heavy (non-hydrogen) atoms. The van der Waals surface area contributed by atoms with Crippen molar-refractivity contribution in [2.24, 2.45) is 0 Å². The van der Waals surface area contributed by atoms with Gasteiger partial charge in [0.1, 0.15) is 18.1 Å². The summed E-state index contributed by atoms with van der Waals surface area (Å²) in [7, 11) is 1.57. The Hall–Kier alpha value is -2.29. The summed E-state index contributed by atoms with van der Waals surface area (Å²) in [5.74, 6) is 1.21. The first kappa shape index (κ1) is 14.1. The van der Waals surface area contributed by atoms with E-state index in [9.17, 15) is 4.79 Å². The van der Waals surface area contributed by atoms with Crippen LogP contribution in [0.1, 0.15) is 27.0 Å². The van der Waals surface area contributed by atoms with Gasteiger partial charge in [0.2, 0.25) is 0 Å². The van der Waals surface area contributed by atoms with Crippen LogP contribution in [0, 0.1) is 13.8 Å². The molecule has 0 amide bonds. The molecule has 2 rings (SSSR count). The molecule has 0 aliphatic rings. The van der Waals surface area contributed by atoms with Crippen LogP contribution < -0.4 is 9.47 Å². The first-order valence-electron chi connectivity index (χ1n) is 6.46. The molecular formula is C17H18O3. The number of ether oxygens (including phenoxy) is 2. The molecule has 0 saturated carbocycles. The molecule has 0 aromatic heterocycles. The number of aryl methyl sites for hydroxylation is 2. The van der Waals surface area contributed by atoms with Gasteiger partial charge in [0.25, 0.3) is 0 Å². The Bertz CT molecular complexity index is 618. The number of carbonyl (C=O) groups excluding carboxylic acids is 1. The summed E-state index contributed by atoms with van der Waals surface area (Å²) in [6.07, 6.45) is 0.776. The summed E-state index contributed by atoms with van der Waals surface area (Å²) in [5, 5.41) is 0. The molecule has 2 aromatic carbocycles. The van der Waals surface area contributed by atoms with Gasteiger partial charge in [-0.25, -0.2) is 0 Å². The normalized spacial score (nSPS) is 10.2. The third-order valence-corrected chi connectivity index (χ3v) is 3.31. The Balaban J connectivity index is 2.14. The number of carbonyl (C=O) groups is 1. The van der Waals surface area contributed by atoms with Crippen molar-refractivity contribution in [3.8, 4) is 11.5 Å². The molecular weight excluding hydrogens is 252 g/mol. The lowest BCUT2D eigenvalue weighted by atomic mass is 10.1. The fourth-order valence-corrected chi connectivity index (χ4v) is 1.93. The predicted octanol–water partition coefficient (Wildman–Crippen LogP) is 3.70. The Labute approximate surface area is 119 Å². The van der Waals surface area contributed by atoms with E-state index in [1.807, 2.05) is 6.07 Å². The van der Waals surface area contributed by atoms with Gasteiger partial charge in [0, 0.05) is 0 Å². The number of rotatable bonds is 5. The molecule has 3 heteroatoms. The zero-order valence-corrected chi connectivity index (χ0v) is 12.0. The van der Waals surface area contributed by atoms with E-state index in [-0.39, 0.29) is 0 Å². The largest absolute Gasteiger partial charge is 0.497 e. The highest BCUT2D eigenvalue weighted by Gasteiger charge is 2.06. The van der Waals surface area contributed by atoms with Crippen LogP contribution in [0.15, 0.2) is 36.4 Å². The van der Waals surface area contributed by atoms with Crippen molar-refractivity contribution < 1.29 is 14.3 Å². The van der Waals surface area contributed by atoms with Gasteiger partial charge in [-0.15, -0.1) is 0 Å². The van der Waals surface area contributed by atoms with E-state index < -0.39 is 0 Å². The minimum atomic E-state index is 0.439. The molecule has 104 valence electrons. The van der Waals surface area contributed by atoms with Gasteiger partial charge in [-0.2, -0.15) is 0 Å². The van der Waals surface area contributed by atoms with E-state index in [1.165, 1.54) is 11.1 Å². The number of hydrogen-bond acceptors (Lipinski definition) is 3. The minimum absolute atomic E-state index is 0.439. The molecule has 0 unspecified atom stereocenters. The third kappa shape index (κ3) is 3.18. The van der Waals surface area contributed by atoms with Gasteiger partial charge < -0.3 is 9.47 Å². The van der Waals surface area contributed by atoms with Crippen LogP contribution in [0.3, 0.4) is 0 Å². The van der Waals surface area contributed by atoms with E-state index in [1.54, 1.807) is 25.3 Å². The van der Waals surface area contributed by atoms with Crippen molar-refractivity contribution in [1.82, 2.24) is 0 Å². The highest BCUT2D eigenvalue weighted by molar-refractivity contribution is 5.80. The van der Waals surface area contributed by atoms with Crippen LogP contribution in [-0.2, 0) is 6.61 Å². The van der Waals surface area contributed by atoms with Crippen molar-refractivity contribution in [3.63, 3.8) is 0 Å². The van der Waals surface area contributed by atoms with Crippen molar-refractivity contribution >= 4 is 6.29 Å². The average molecular weight is 270 g/mol. The molecule has 0 saturated heterocycles. The van der Waals surface area contributed by atoms with Gasteiger partial charge >= 0.3 is 0 Å². The van der Waals surface area contributed by atoms with E-state index in [4.69, 9.17) is 9.47 Å². The predicted molar refractivity (Wildman–Crippen MR) is 78.6 cm³/mol. The van der Waals surface area contributed by atoms with Gasteiger partial charge in [-0.05, 0) is 48.7 Å². The van der Waals surface area contributed by atoms with Gasteiger partial charge in [-0.1, -0.05) is 18.2 Å². The summed E-state index contributed by atoms with van der Waals surface area (Å²) in [5.41, 5.74) is 4.07. The van der Waals surface area contributed by atoms with Gasteiger partial charge in [-0.3, -0.25) is 4.79 Å². The smallest absolute Gasteiger partial charge is 0.153 e. The maximum atomic E-state index is 11.1. The Morgan fingerprint density at radius 3 is 2.50 bits per heavy atom. The van der Waals surface area contributed by atoms with E-state index in [2.05, 4.69) is 26.0 Å². The maximum absolute atomic E-state index is 11.1. The lowest BCUT2D eigenvalue weighted by Gasteiger charge is -2.11. The van der Waals surface area contributed by atoms with Crippen LogP contribution in [0.2, 0.25) is 0 Å². The number of hydrogen-bond donors (Lipinski definition) is 0. The van der Waals surface area contributed by atoms with Crippen LogP contribution in [0.4, 0.5) is 0 Å². The summed E-state index contributed by atoms with van der Waals surface area (Å²) < 4.78 is 10.8. The molecule has 0 bridgehead atoms. The van der Waals surface area contributed by atoms with Crippen LogP contribution >= 0.6 is 0 Å². The highest BCUT2D eigenvalue weighted by Crippen LogP contribution is 2.23. The molecule has 0 atom stereocenters. The molecule has 2 aromatic rings. The summed E-state index contributed by atoms with van der Waals surface area (Å²) in [6.45, 7) is 4.59. The zero-order valence-electron chi connectivity index (χ0n) is 12.0. The zero-order chi connectivity index (χ0) is 14.5. The quantitative estimate of drug-likeness (QED) is 0.777. The molecule has 0 fully saturated rings. The van der Waals surface area contributed by atoms with Gasteiger partial charge in [0.15, 0.2) is 6.29 Å². The Morgan fingerprint density at radius 2 is 1.85 bits per heavy atom. The Morgan fingerprint density at radius 1 is 1.05 bits per heavy atom. The van der Waals surface area contributed by atoms with E-state index in [0.717, 1.165) is 11.8 Å². The maximum Gasteiger partial charge on any atom is 0.153 e. The molecule has 0 aliphatic heterocycles. The molecule has 3 nitrogen and oxygen atoms in total. The topological polar surface area (TPSA) is 35.5 Å². The lowest BCUT2D eigenvalue weighted by molar-refractivity contribution is 0.111. The Kier molecular flexibility index (Phi) is 4.41. The monoisotopic (exact) mass is 270 g/mol. The number of benzene rings is 2. The molecule has 0 N–H and O–H groups in total. The second-order valence-corrected chi connectivity index (χ2v) is 4.73. The van der Waals surface area contributed by atoms with Crippen molar-refractivity contribution in [1.29, 1.82) is 0 Å². The van der Waals surface area contributed by atoms with Crippen molar-refractivity contribution in [2.45, 2.75) is 20.5 Å². The highest BCUT2D eigenvalue weighted by atomic mass is 16.5. The number of aldehydes is 1. The summed E-state index contributed by atoms with van der Waals surface area (Å²) in [6, 6.07) is 11.4. The molecule has 0 heterocycles. The fourth-order valence-electron chi connectivity index (χ4n) is 1.93. The average Bonchev–Trinajstić information content (AvgIpc) is 2.48. The van der Waals surface area contributed by atoms with Crippen molar-refractivity contribution in [3.05, 3.63) is 58.7 Å². The second kappa shape index (κ2) is 6.24. The van der Waals surface area contributed by atoms with Crippen LogP contribution in [-0.4, -0.2) is 13.4 Å². The summed E-state index contributed by atoms with van der Waals surface area (Å²) in [4.78, 5) is 11.1. The standard InChI is InChI=1S/C17H18O3/c1-12-4-5-14(8-13(12)2)11-20-17-7-6-16(19-3)9-15(17)10-18/h4-10H,11H2,1-3H3. The van der Waals surface area contributed by atoms with Crippen molar-refractivity contribution in [2.75, 3.05) is 7.11 Å². The first-order valence-corrected chi connectivity index (χ1v) is 6.46. The summed E-state index contributed by atoms with van der Waals surface area (Å²) >= 11 is 0. The van der Waals surface area contributed by atoms with Crippen LogP contribution in [0.5, 0.6) is 11.5 Å². The molecule has 0 radical (unpaired) electrons. The van der Waals surface area contributed by atoms with Crippen LogP contribution in [0.25, 0.3) is 0 Å².